The molecule has 3 nitrogen and oxygen atoms in total. The maximum atomic E-state index is 9.13. The van der Waals surface area contributed by atoms with Gasteiger partial charge in [0.05, 0.1) is 5.69 Å². The average Bonchev–Trinajstić information content (AvgIpc) is 2.08. The Morgan fingerprint density at radius 1 is 1.50 bits per heavy atom. The minimum absolute atomic E-state index is 0.00731. The van der Waals surface area contributed by atoms with Gasteiger partial charge in [-0.25, -0.2) is 0 Å². The molecule has 5 N–H and O–H groups in total. The summed E-state index contributed by atoms with van der Waals surface area (Å²) in [7, 11) is 0. The van der Waals surface area contributed by atoms with Crippen LogP contribution in [0, 0.1) is 0 Å². The Balaban J connectivity index is 2.96. The van der Waals surface area contributed by atoms with Crippen LogP contribution in [0.3, 0.4) is 0 Å². The molecule has 0 aliphatic carbocycles. The quantitative estimate of drug-likeness (QED) is 0.459. The third-order valence-corrected chi connectivity index (χ3v) is 1.92. The van der Waals surface area contributed by atoms with E-state index in [1.807, 2.05) is 6.92 Å². The Kier molecular flexibility index (Phi) is 2.55. The molecule has 66 valence electrons. The number of phenols is 1. The van der Waals surface area contributed by atoms with Crippen LogP contribution in [0.2, 0.25) is 0 Å². The Bertz CT molecular complexity index is 273. The molecule has 12 heavy (non-hydrogen) atoms. The van der Waals surface area contributed by atoms with Crippen molar-refractivity contribution in [1.29, 1.82) is 0 Å². The summed E-state index contributed by atoms with van der Waals surface area (Å²) in [5.41, 5.74) is 12.6. The molecular formula is C9H14N2O. The summed E-state index contributed by atoms with van der Waals surface area (Å²) in [6, 6.07) is 5.08. The third kappa shape index (κ3) is 1.68. The monoisotopic (exact) mass is 166 g/mol. The molecule has 1 aromatic carbocycles. The van der Waals surface area contributed by atoms with Gasteiger partial charge in [0.2, 0.25) is 0 Å². The molecule has 1 unspecified atom stereocenters. The van der Waals surface area contributed by atoms with Crippen LogP contribution in [0.4, 0.5) is 5.69 Å². The molecule has 0 fully saturated rings. The van der Waals surface area contributed by atoms with Gasteiger partial charge in [-0.3, -0.25) is 0 Å². The SMILES string of the molecule is CCC(N)c1ccc(O)c(N)c1. The molecule has 0 radical (unpaired) electrons. The Hall–Kier alpha value is -1.22. The molecule has 0 aromatic heterocycles. The van der Waals surface area contributed by atoms with Gasteiger partial charge >= 0.3 is 0 Å². The smallest absolute Gasteiger partial charge is 0.138 e. The van der Waals surface area contributed by atoms with Gasteiger partial charge in [-0.2, -0.15) is 0 Å². The lowest BCUT2D eigenvalue weighted by atomic mass is 10.0. The summed E-state index contributed by atoms with van der Waals surface area (Å²) in [5.74, 6) is 0.113. The Morgan fingerprint density at radius 3 is 2.67 bits per heavy atom. The molecule has 0 saturated carbocycles. The molecule has 0 spiro atoms. The lowest BCUT2D eigenvalue weighted by Gasteiger charge is -2.09. The van der Waals surface area contributed by atoms with Gasteiger partial charge in [0.1, 0.15) is 5.75 Å². The summed E-state index contributed by atoms with van der Waals surface area (Å²) < 4.78 is 0. The van der Waals surface area contributed by atoms with Crippen molar-refractivity contribution in [1.82, 2.24) is 0 Å². The Morgan fingerprint density at radius 2 is 2.17 bits per heavy atom. The van der Waals surface area contributed by atoms with E-state index in [4.69, 9.17) is 16.6 Å². The van der Waals surface area contributed by atoms with E-state index in [2.05, 4.69) is 0 Å². The number of nitrogen functional groups attached to an aromatic ring is 1. The fraction of sp³-hybridized carbons (Fsp3) is 0.333. The largest absolute Gasteiger partial charge is 0.506 e. The predicted octanol–water partition coefficient (Wildman–Crippen LogP) is 1.38. The lowest BCUT2D eigenvalue weighted by molar-refractivity contribution is 0.477. The molecule has 3 heteroatoms. The highest BCUT2D eigenvalue weighted by atomic mass is 16.3. The standard InChI is InChI=1S/C9H14N2O/c1-2-7(10)6-3-4-9(12)8(11)5-6/h3-5,7,12H,2,10-11H2,1H3. The summed E-state index contributed by atoms with van der Waals surface area (Å²) in [4.78, 5) is 0. The van der Waals surface area contributed by atoms with E-state index in [0.29, 0.717) is 5.69 Å². The summed E-state index contributed by atoms with van der Waals surface area (Å²) in [6.45, 7) is 2.01. The van der Waals surface area contributed by atoms with E-state index in [-0.39, 0.29) is 11.8 Å². The molecule has 0 amide bonds. The van der Waals surface area contributed by atoms with E-state index in [1.165, 1.54) is 0 Å². The highest BCUT2D eigenvalue weighted by Crippen LogP contribution is 2.24. The molecule has 0 aliphatic rings. The van der Waals surface area contributed by atoms with Crippen molar-refractivity contribution >= 4 is 5.69 Å². The first kappa shape index (κ1) is 8.87. The number of aromatic hydroxyl groups is 1. The molecule has 0 saturated heterocycles. The molecular weight excluding hydrogens is 152 g/mol. The number of phenolic OH excluding ortho intramolecular Hbond substituents is 1. The molecule has 0 bridgehead atoms. The summed E-state index contributed by atoms with van der Waals surface area (Å²) in [6.07, 6.45) is 0.865. The third-order valence-electron chi connectivity index (χ3n) is 1.92. The first-order chi connectivity index (χ1) is 5.65. The number of hydrogen-bond donors (Lipinski definition) is 3. The van der Waals surface area contributed by atoms with Gasteiger partial charge < -0.3 is 16.6 Å². The van der Waals surface area contributed by atoms with Gasteiger partial charge in [0.15, 0.2) is 0 Å². The zero-order valence-electron chi connectivity index (χ0n) is 7.12. The zero-order chi connectivity index (χ0) is 9.14. The fourth-order valence-electron chi connectivity index (χ4n) is 1.04. The van der Waals surface area contributed by atoms with Gasteiger partial charge in [-0.15, -0.1) is 0 Å². The highest BCUT2D eigenvalue weighted by Gasteiger charge is 2.04. The molecule has 0 heterocycles. The van der Waals surface area contributed by atoms with Crippen LogP contribution in [-0.2, 0) is 0 Å². The van der Waals surface area contributed by atoms with E-state index < -0.39 is 0 Å². The number of benzene rings is 1. The van der Waals surface area contributed by atoms with Crippen LogP contribution >= 0.6 is 0 Å². The first-order valence-electron chi connectivity index (χ1n) is 3.99. The van der Waals surface area contributed by atoms with Crippen LogP contribution in [0.15, 0.2) is 18.2 Å². The topological polar surface area (TPSA) is 72.3 Å². The molecule has 0 aliphatic heterocycles. The molecule has 1 aromatic rings. The van der Waals surface area contributed by atoms with Gasteiger partial charge in [0, 0.05) is 6.04 Å². The van der Waals surface area contributed by atoms with Crippen molar-refractivity contribution in [3.8, 4) is 5.75 Å². The minimum Gasteiger partial charge on any atom is -0.506 e. The second-order valence-electron chi connectivity index (χ2n) is 2.83. The number of nitrogens with two attached hydrogens (primary N) is 2. The maximum absolute atomic E-state index is 9.13. The van der Waals surface area contributed by atoms with Crippen molar-refractivity contribution in [2.24, 2.45) is 5.73 Å². The van der Waals surface area contributed by atoms with E-state index >= 15 is 0 Å². The number of rotatable bonds is 2. The normalized spacial score (nSPS) is 12.8. The van der Waals surface area contributed by atoms with Gasteiger partial charge in [-0.1, -0.05) is 13.0 Å². The minimum atomic E-state index is 0.00731. The second kappa shape index (κ2) is 3.45. The maximum Gasteiger partial charge on any atom is 0.138 e. The van der Waals surface area contributed by atoms with Crippen LogP contribution in [-0.4, -0.2) is 5.11 Å². The van der Waals surface area contributed by atoms with E-state index in [0.717, 1.165) is 12.0 Å². The first-order valence-corrected chi connectivity index (χ1v) is 3.99. The molecule has 1 atom stereocenters. The average molecular weight is 166 g/mol. The van der Waals surface area contributed by atoms with E-state index in [1.54, 1.807) is 18.2 Å². The van der Waals surface area contributed by atoms with Crippen molar-refractivity contribution in [3.63, 3.8) is 0 Å². The second-order valence-corrected chi connectivity index (χ2v) is 2.83. The lowest BCUT2D eigenvalue weighted by Crippen LogP contribution is -2.08. The van der Waals surface area contributed by atoms with Crippen LogP contribution in [0.25, 0.3) is 0 Å². The highest BCUT2D eigenvalue weighted by molar-refractivity contribution is 5.53. The summed E-state index contributed by atoms with van der Waals surface area (Å²) >= 11 is 0. The predicted molar refractivity (Wildman–Crippen MR) is 49.7 cm³/mol. The number of hydrogen-bond acceptors (Lipinski definition) is 3. The van der Waals surface area contributed by atoms with Crippen molar-refractivity contribution in [2.45, 2.75) is 19.4 Å². The Labute approximate surface area is 72.0 Å². The van der Waals surface area contributed by atoms with Crippen molar-refractivity contribution in [3.05, 3.63) is 23.8 Å². The van der Waals surface area contributed by atoms with E-state index in [9.17, 15) is 0 Å². The zero-order valence-corrected chi connectivity index (χ0v) is 7.12. The van der Waals surface area contributed by atoms with Crippen LogP contribution in [0.5, 0.6) is 5.75 Å². The number of anilines is 1. The van der Waals surface area contributed by atoms with Gasteiger partial charge in [0.25, 0.3) is 0 Å². The fourth-order valence-corrected chi connectivity index (χ4v) is 1.04. The molecule has 1 rings (SSSR count). The van der Waals surface area contributed by atoms with Crippen LogP contribution < -0.4 is 11.5 Å². The van der Waals surface area contributed by atoms with Gasteiger partial charge in [-0.05, 0) is 24.1 Å². The van der Waals surface area contributed by atoms with Crippen molar-refractivity contribution < 1.29 is 5.11 Å². The van der Waals surface area contributed by atoms with Crippen molar-refractivity contribution in [2.75, 3.05) is 5.73 Å². The van der Waals surface area contributed by atoms with Crippen LogP contribution in [0.1, 0.15) is 24.9 Å². The summed E-state index contributed by atoms with van der Waals surface area (Å²) in [5, 5.41) is 9.13.